The van der Waals surface area contributed by atoms with Gasteiger partial charge < -0.3 is 15.0 Å². The predicted molar refractivity (Wildman–Crippen MR) is 107 cm³/mol. The summed E-state index contributed by atoms with van der Waals surface area (Å²) in [6.07, 6.45) is 2.61. The zero-order chi connectivity index (χ0) is 17.9. The van der Waals surface area contributed by atoms with Gasteiger partial charge in [0.25, 0.3) is 0 Å². The molecule has 0 saturated carbocycles. The van der Waals surface area contributed by atoms with Gasteiger partial charge in [-0.2, -0.15) is 0 Å². The smallest absolute Gasteiger partial charge is 0.410 e. The summed E-state index contributed by atoms with van der Waals surface area (Å²) in [5.74, 6) is 0. The summed E-state index contributed by atoms with van der Waals surface area (Å²) >= 11 is 2.01. The van der Waals surface area contributed by atoms with Crippen molar-refractivity contribution in [2.24, 2.45) is 0 Å². The fourth-order valence-corrected chi connectivity index (χ4v) is 3.04. The first kappa shape index (κ1) is 18.8. The number of benzene rings is 1. The van der Waals surface area contributed by atoms with Crippen molar-refractivity contribution in [2.45, 2.75) is 32.8 Å². The van der Waals surface area contributed by atoms with Crippen molar-refractivity contribution in [1.29, 1.82) is 5.41 Å². The Morgan fingerprint density at radius 3 is 2.58 bits per heavy atom. The average Bonchev–Trinajstić information content (AvgIpc) is 2.52. The highest BCUT2D eigenvalue weighted by atomic mass is 127. The fourth-order valence-electron chi connectivity index (χ4n) is 2.57. The Morgan fingerprint density at radius 1 is 1.38 bits per heavy atom. The first-order chi connectivity index (χ1) is 11.2. The number of hydrogen-bond donors (Lipinski definition) is 2. The van der Waals surface area contributed by atoms with Crippen LogP contribution in [0.25, 0.3) is 5.57 Å². The Labute approximate surface area is 157 Å². The largest absolute Gasteiger partial charge is 0.444 e. The standard InChI is InChI=1S/C18H24IN3O2/c1-18(2,3)24-17(23)22-9-7-12(8-10-22)13-5-6-14(16(19)20)15(11-13)21-4/h5-7,11,20-21H,8-10H2,1-4H3. The highest BCUT2D eigenvalue weighted by Gasteiger charge is 2.24. The van der Waals surface area contributed by atoms with Crippen LogP contribution in [-0.2, 0) is 4.74 Å². The van der Waals surface area contributed by atoms with Crippen LogP contribution in [-0.4, -0.2) is 40.4 Å². The SMILES string of the molecule is CNc1cc(C2=CCN(C(=O)OC(C)(C)C)CC2)ccc1C(=N)I. The van der Waals surface area contributed by atoms with E-state index in [9.17, 15) is 4.79 Å². The molecule has 24 heavy (non-hydrogen) atoms. The number of ether oxygens (including phenoxy) is 1. The molecule has 1 amide bonds. The first-order valence-corrected chi connectivity index (χ1v) is 9.02. The van der Waals surface area contributed by atoms with Crippen molar-refractivity contribution >= 4 is 43.7 Å². The number of anilines is 1. The van der Waals surface area contributed by atoms with E-state index in [4.69, 9.17) is 10.1 Å². The molecule has 0 radical (unpaired) electrons. The number of nitrogens with zero attached hydrogens (tertiary/aromatic N) is 1. The number of carbonyl (C=O) groups is 1. The molecule has 1 aromatic carbocycles. The highest BCUT2D eigenvalue weighted by molar-refractivity contribution is 14.1. The highest BCUT2D eigenvalue weighted by Crippen LogP contribution is 2.28. The Kier molecular flexibility index (Phi) is 5.90. The van der Waals surface area contributed by atoms with Crippen molar-refractivity contribution in [1.82, 2.24) is 4.90 Å². The number of rotatable bonds is 3. The van der Waals surface area contributed by atoms with Crippen LogP contribution in [0.15, 0.2) is 24.3 Å². The molecule has 0 saturated heterocycles. The van der Waals surface area contributed by atoms with Crippen LogP contribution in [0.2, 0.25) is 0 Å². The molecule has 0 fully saturated rings. The Bertz CT molecular complexity index is 677. The van der Waals surface area contributed by atoms with E-state index in [1.807, 2.05) is 62.5 Å². The molecule has 0 aromatic heterocycles. The zero-order valence-corrected chi connectivity index (χ0v) is 16.7. The lowest BCUT2D eigenvalue weighted by Crippen LogP contribution is -2.39. The Balaban J connectivity index is 2.13. The van der Waals surface area contributed by atoms with Crippen LogP contribution in [0.1, 0.15) is 38.3 Å². The predicted octanol–water partition coefficient (Wildman–Crippen LogP) is 4.51. The third-order valence-electron chi connectivity index (χ3n) is 3.76. The Morgan fingerprint density at radius 2 is 2.08 bits per heavy atom. The summed E-state index contributed by atoms with van der Waals surface area (Å²) in [6.45, 7) is 6.84. The molecule has 130 valence electrons. The van der Waals surface area contributed by atoms with Crippen LogP contribution in [0, 0.1) is 5.41 Å². The van der Waals surface area contributed by atoms with Gasteiger partial charge in [-0.15, -0.1) is 0 Å². The summed E-state index contributed by atoms with van der Waals surface area (Å²) in [6, 6.07) is 6.08. The molecule has 1 aliphatic heterocycles. The second-order valence-electron chi connectivity index (χ2n) is 6.73. The van der Waals surface area contributed by atoms with E-state index in [1.54, 1.807) is 4.90 Å². The minimum absolute atomic E-state index is 0.262. The number of nitrogens with one attached hydrogen (secondary N) is 2. The normalized spacial score (nSPS) is 14.9. The van der Waals surface area contributed by atoms with Crippen molar-refractivity contribution < 1.29 is 9.53 Å². The molecule has 2 N–H and O–H groups in total. The monoisotopic (exact) mass is 441 g/mol. The topological polar surface area (TPSA) is 65.4 Å². The van der Waals surface area contributed by atoms with Crippen molar-refractivity contribution in [3.63, 3.8) is 0 Å². The van der Waals surface area contributed by atoms with E-state index < -0.39 is 5.60 Å². The van der Waals surface area contributed by atoms with E-state index in [2.05, 4.69) is 17.5 Å². The molecule has 5 nitrogen and oxygen atoms in total. The van der Waals surface area contributed by atoms with E-state index >= 15 is 0 Å². The third-order valence-corrected chi connectivity index (χ3v) is 4.34. The van der Waals surface area contributed by atoms with Crippen LogP contribution < -0.4 is 5.32 Å². The van der Waals surface area contributed by atoms with E-state index in [1.165, 1.54) is 5.57 Å². The quantitative estimate of drug-likeness (QED) is 0.536. The maximum atomic E-state index is 12.1. The van der Waals surface area contributed by atoms with Crippen molar-refractivity contribution in [3.8, 4) is 0 Å². The first-order valence-electron chi connectivity index (χ1n) is 7.95. The lowest BCUT2D eigenvalue weighted by atomic mass is 9.97. The van der Waals surface area contributed by atoms with Crippen LogP contribution in [0.4, 0.5) is 10.5 Å². The maximum Gasteiger partial charge on any atom is 0.410 e. The number of hydrogen-bond acceptors (Lipinski definition) is 4. The summed E-state index contributed by atoms with van der Waals surface area (Å²) in [7, 11) is 1.86. The minimum atomic E-state index is -0.470. The molecule has 0 unspecified atom stereocenters. The number of amides is 1. The second kappa shape index (κ2) is 7.55. The van der Waals surface area contributed by atoms with Crippen LogP contribution in [0.5, 0.6) is 0 Å². The zero-order valence-electron chi connectivity index (χ0n) is 14.6. The summed E-state index contributed by atoms with van der Waals surface area (Å²) in [5.41, 5.74) is 3.72. The third kappa shape index (κ3) is 4.72. The van der Waals surface area contributed by atoms with Gasteiger partial charge in [0.05, 0.1) is 0 Å². The summed E-state index contributed by atoms with van der Waals surface area (Å²) in [4.78, 5) is 13.8. The molecule has 6 heteroatoms. The molecule has 0 bridgehead atoms. The van der Waals surface area contributed by atoms with Gasteiger partial charge in [-0.3, -0.25) is 5.41 Å². The van der Waals surface area contributed by atoms with Crippen LogP contribution >= 0.6 is 22.6 Å². The van der Waals surface area contributed by atoms with E-state index in [0.717, 1.165) is 23.2 Å². The van der Waals surface area contributed by atoms with Gasteiger partial charge in [-0.25, -0.2) is 4.79 Å². The molecule has 0 aliphatic carbocycles. The lowest BCUT2D eigenvalue weighted by molar-refractivity contribution is 0.0270. The van der Waals surface area contributed by atoms with Gasteiger partial charge in [0, 0.05) is 31.4 Å². The van der Waals surface area contributed by atoms with E-state index in [-0.39, 0.29) is 6.09 Å². The molecule has 1 aliphatic rings. The molecule has 0 atom stereocenters. The molecule has 0 spiro atoms. The summed E-state index contributed by atoms with van der Waals surface area (Å²) < 4.78 is 5.93. The van der Waals surface area contributed by atoms with Crippen LogP contribution in [0.3, 0.4) is 0 Å². The molecule has 1 aromatic rings. The molecule has 1 heterocycles. The average molecular weight is 441 g/mol. The molecular weight excluding hydrogens is 417 g/mol. The summed E-state index contributed by atoms with van der Waals surface area (Å²) in [5, 5.41) is 11.0. The molecular formula is C18H24IN3O2. The van der Waals surface area contributed by atoms with Crippen molar-refractivity contribution in [2.75, 3.05) is 25.5 Å². The molecule has 2 rings (SSSR count). The second-order valence-corrected chi connectivity index (χ2v) is 7.81. The number of halogens is 1. The van der Waals surface area contributed by atoms with Gasteiger partial charge in [0.1, 0.15) is 9.32 Å². The number of carbonyl (C=O) groups excluding carboxylic acids is 1. The fraction of sp³-hybridized carbons (Fsp3) is 0.444. The van der Waals surface area contributed by atoms with Gasteiger partial charge in [0.15, 0.2) is 0 Å². The van der Waals surface area contributed by atoms with Gasteiger partial charge in [-0.1, -0.05) is 12.1 Å². The van der Waals surface area contributed by atoms with Gasteiger partial charge in [-0.05, 0) is 73.1 Å². The lowest BCUT2D eigenvalue weighted by Gasteiger charge is -2.29. The maximum absolute atomic E-state index is 12.1. The Hall–Kier alpha value is -1.57. The minimum Gasteiger partial charge on any atom is -0.444 e. The van der Waals surface area contributed by atoms with E-state index in [0.29, 0.717) is 16.8 Å². The van der Waals surface area contributed by atoms with Crippen molar-refractivity contribution in [3.05, 3.63) is 35.4 Å². The van der Waals surface area contributed by atoms with Gasteiger partial charge in [0.2, 0.25) is 0 Å². The van der Waals surface area contributed by atoms with Gasteiger partial charge >= 0.3 is 6.09 Å².